The van der Waals surface area contributed by atoms with Gasteiger partial charge in [-0.3, -0.25) is 4.79 Å². The SMILES string of the molecule is Cc1ccc(Nc2nccc(C(=O)Nc3ccc(C)cc3Br)n2)cc1. The molecule has 0 aliphatic carbocycles. The zero-order valence-electron chi connectivity index (χ0n) is 13.9. The number of halogens is 1. The van der Waals surface area contributed by atoms with E-state index in [1.165, 1.54) is 5.56 Å². The molecule has 0 saturated carbocycles. The van der Waals surface area contributed by atoms with Crippen LogP contribution in [0.1, 0.15) is 21.6 Å². The van der Waals surface area contributed by atoms with E-state index in [0.717, 1.165) is 15.7 Å². The maximum Gasteiger partial charge on any atom is 0.274 e. The molecule has 25 heavy (non-hydrogen) atoms. The molecule has 1 heterocycles. The van der Waals surface area contributed by atoms with Crippen molar-refractivity contribution in [2.45, 2.75) is 13.8 Å². The number of benzene rings is 2. The van der Waals surface area contributed by atoms with Crippen molar-refractivity contribution in [2.75, 3.05) is 10.6 Å². The Hall–Kier alpha value is -2.73. The first-order chi connectivity index (χ1) is 12.0. The van der Waals surface area contributed by atoms with Crippen LogP contribution in [-0.4, -0.2) is 15.9 Å². The molecule has 2 N–H and O–H groups in total. The summed E-state index contributed by atoms with van der Waals surface area (Å²) in [5, 5.41) is 5.95. The molecule has 6 heteroatoms. The summed E-state index contributed by atoms with van der Waals surface area (Å²) >= 11 is 3.45. The number of aryl methyl sites for hydroxylation is 2. The predicted octanol–water partition coefficient (Wildman–Crippen LogP) is 4.85. The van der Waals surface area contributed by atoms with Gasteiger partial charge in [0.15, 0.2) is 0 Å². The van der Waals surface area contributed by atoms with Crippen LogP contribution < -0.4 is 10.6 Å². The summed E-state index contributed by atoms with van der Waals surface area (Å²) in [6.45, 7) is 4.01. The van der Waals surface area contributed by atoms with Crippen molar-refractivity contribution >= 4 is 39.2 Å². The van der Waals surface area contributed by atoms with Crippen LogP contribution in [0.4, 0.5) is 17.3 Å². The standard InChI is InChI=1S/C19H17BrN4O/c1-12-3-6-14(7-4-12)22-19-21-10-9-17(24-19)18(25)23-16-8-5-13(2)11-15(16)20/h3-11H,1-2H3,(H,23,25)(H,21,22,24). The molecule has 0 radical (unpaired) electrons. The molecule has 0 atom stereocenters. The molecule has 0 aliphatic heterocycles. The Labute approximate surface area is 154 Å². The minimum absolute atomic E-state index is 0.289. The van der Waals surface area contributed by atoms with E-state index in [0.29, 0.717) is 11.6 Å². The van der Waals surface area contributed by atoms with Crippen LogP contribution >= 0.6 is 15.9 Å². The Morgan fingerprint density at radius 3 is 2.44 bits per heavy atom. The topological polar surface area (TPSA) is 66.9 Å². The summed E-state index contributed by atoms with van der Waals surface area (Å²) in [5.74, 6) is 0.0818. The molecular formula is C19H17BrN4O. The van der Waals surface area contributed by atoms with Crippen LogP contribution in [0.2, 0.25) is 0 Å². The second-order valence-electron chi connectivity index (χ2n) is 5.69. The smallest absolute Gasteiger partial charge is 0.274 e. The van der Waals surface area contributed by atoms with Gasteiger partial charge >= 0.3 is 0 Å². The van der Waals surface area contributed by atoms with Crippen molar-refractivity contribution in [1.29, 1.82) is 0 Å². The van der Waals surface area contributed by atoms with Gasteiger partial charge in [0.1, 0.15) is 5.69 Å². The molecule has 1 amide bonds. The zero-order chi connectivity index (χ0) is 17.8. The first-order valence-electron chi connectivity index (χ1n) is 7.75. The lowest BCUT2D eigenvalue weighted by molar-refractivity contribution is 0.102. The Kier molecular flexibility index (Phi) is 5.09. The molecule has 0 fully saturated rings. The van der Waals surface area contributed by atoms with E-state index in [1.807, 2.05) is 56.3 Å². The van der Waals surface area contributed by atoms with Crippen molar-refractivity contribution in [3.63, 3.8) is 0 Å². The summed E-state index contributed by atoms with van der Waals surface area (Å²) in [7, 11) is 0. The largest absolute Gasteiger partial charge is 0.324 e. The minimum atomic E-state index is -0.293. The van der Waals surface area contributed by atoms with E-state index in [2.05, 4.69) is 36.5 Å². The van der Waals surface area contributed by atoms with Gasteiger partial charge in [-0.15, -0.1) is 0 Å². The highest BCUT2D eigenvalue weighted by Gasteiger charge is 2.11. The summed E-state index contributed by atoms with van der Waals surface area (Å²) < 4.78 is 0.827. The maximum absolute atomic E-state index is 12.5. The summed E-state index contributed by atoms with van der Waals surface area (Å²) in [6.07, 6.45) is 1.56. The molecule has 126 valence electrons. The normalized spacial score (nSPS) is 10.4. The van der Waals surface area contributed by atoms with Gasteiger partial charge in [0.05, 0.1) is 5.69 Å². The number of aromatic nitrogens is 2. The minimum Gasteiger partial charge on any atom is -0.324 e. The van der Waals surface area contributed by atoms with Crippen LogP contribution in [0.5, 0.6) is 0 Å². The second-order valence-corrected chi connectivity index (χ2v) is 6.55. The summed E-state index contributed by atoms with van der Waals surface area (Å²) in [5.41, 5.74) is 4.13. The average molecular weight is 397 g/mol. The van der Waals surface area contributed by atoms with E-state index >= 15 is 0 Å². The monoisotopic (exact) mass is 396 g/mol. The molecule has 0 saturated heterocycles. The first kappa shape index (κ1) is 17.1. The van der Waals surface area contributed by atoms with Gasteiger partial charge in [-0.05, 0) is 65.7 Å². The highest BCUT2D eigenvalue weighted by atomic mass is 79.9. The lowest BCUT2D eigenvalue weighted by atomic mass is 10.2. The van der Waals surface area contributed by atoms with E-state index < -0.39 is 0 Å². The number of amides is 1. The van der Waals surface area contributed by atoms with Crippen LogP contribution in [0.3, 0.4) is 0 Å². The zero-order valence-corrected chi connectivity index (χ0v) is 15.5. The molecule has 5 nitrogen and oxygen atoms in total. The summed E-state index contributed by atoms with van der Waals surface area (Å²) in [6, 6.07) is 15.2. The van der Waals surface area contributed by atoms with Crippen molar-refractivity contribution in [1.82, 2.24) is 9.97 Å². The van der Waals surface area contributed by atoms with E-state index in [9.17, 15) is 4.79 Å². The molecule has 0 unspecified atom stereocenters. The molecule has 0 bridgehead atoms. The van der Waals surface area contributed by atoms with E-state index in [-0.39, 0.29) is 11.6 Å². The number of rotatable bonds is 4. The van der Waals surface area contributed by atoms with Gasteiger partial charge < -0.3 is 10.6 Å². The molecule has 0 aliphatic rings. The molecule has 3 aromatic rings. The Bertz CT molecular complexity index is 910. The Morgan fingerprint density at radius 1 is 1.00 bits per heavy atom. The molecule has 3 rings (SSSR count). The number of nitrogens with one attached hydrogen (secondary N) is 2. The van der Waals surface area contributed by atoms with Crippen molar-refractivity contribution in [2.24, 2.45) is 0 Å². The number of carbonyl (C=O) groups is 1. The van der Waals surface area contributed by atoms with Gasteiger partial charge in [-0.2, -0.15) is 0 Å². The highest BCUT2D eigenvalue weighted by molar-refractivity contribution is 9.10. The van der Waals surface area contributed by atoms with Crippen molar-refractivity contribution in [3.05, 3.63) is 76.0 Å². The van der Waals surface area contributed by atoms with Gasteiger partial charge in [-0.1, -0.05) is 23.8 Å². The van der Waals surface area contributed by atoms with Crippen LogP contribution in [0.15, 0.2) is 59.2 Å². The fourth-order valence-corrected chi connectivity index (χ4v) is 2.81. The third-order valence-corrected chi connectivity index (χ3v) is 4.22. The average Bonchev–Trinajstić information content (AvgIpc) is 2.60. The second kappa shape index (κ2) is 7.44. The van der Waals surface area contributed by atoms with Gasteiger partial charge in [0.2, 0.25) is 5.95 Å². The van der Waals surface area contributed by atoms with Gasteiger partial charge in [0.25, 0.3) is 5.91 Å². The number of carbonyl (C=O) groups excluding carboxylic acids is 1. The van der Waals surface area contributed by atoms with E-state index in [1.54, 1.807) is 12.3 Å². The Balaban J connectivity index is 1.76. The lowest BCUT2D eigenvalue weighted by Crippen LogP contribution is -2.15. The fourth-order valence-electron chi connectivity index (χ4n) is 2.22. The third-order valence-electron chi connectivity index (χ3n) is 3.57. The quantitative estimate of drug-likeness (QED) is 0.661. The van der Waals surface area contributed by atoms with Gasteiger partial charge in [-0.25, -0.2) is 9.97 Å². The van der Waals surface area contributed by atoms with Crippen LogP contribution in [-0.2, 0) is 0 Å². The lowest BCUT2D eigenvalue weighted by Gasteiger charge is -2.09. The first-order valence-corrected chi connectivity index (χ1v) is 8.55. The number of hydrogen-bond donors (Lipinski definition) is 2. The Morgan fingerprint density at radius 2 is 1.72 bits per heavy atom. The van der Waals surface area contributed by atoms with Crippen LogP contribution in [0.25, 0.3) is 0 Å². The number of hydrogen-bond acceptors (Lipinski definition) is 4. The molecule has 0 spiro atoms. The maximum atomic E-state index is 12.5. The molecule has 2 aromatic carbocycles. The number of anilines is 3. The van der Waals surface area contributed by atoms with Crippen molar-refractivity contribution < 1.29 is 4.79 Å². The van der Waals surface area contributed by atoms with Crippen LogP contribution in [0, 0.1) is 13.8 Å². The predicted molar refractivity (Wildman–Crippen MR) is 103 cm³/mol. The van der Waals surface area contributed by atoms with Gasteiger partial charge in [0, 0.05) is 16.4 Å². The highest BCUT2D eigenvalue weighted by Crippen LogP contribution is 2.24. The number of nitrogens with zero attached hydrogens (tertiary/aromatic N) is 2. The van der Waals surface area contributed by atoms with E-state index in [4.69, 9.17) is 0 Å². The third kappa shape index (κ3) is 4.42. The molecular weight excluding hydrogens is 380 g/mol. The fraction of sp³-hybridized carbons (Fsp3) is 0.105. The molecule has 1 aromatic heterocycles. The summed E-state index contributed by atoms with van der Waals surface area (Å²) in [4.78, 5) is 20.9. The van der Waals surface area contributed by atoms with Crippen molar-refractivity contribution in [3.8, 4) is 0 Å².